The average molecular weight is 484 g/mol. The van der Waals surface area contributed by atoms with Crippen molar-refractivity contribution < 1.29 is 27.5 Å². The number of pyridine rings is 1. The van der Waals surface area contributed by atoms with Crippen LogP contribution in [0.2, 0.25) is 0 Å². The zero-order valence-corrected chi connectivity index (χ0v) is 18.7. The summed E-state index contributed by atoms with van der Waals surface area (Å²) in [5.41, 5.74) is 6.11. The Kier molecular flexibility index (Phi) is 6.90. The minimum absolute atomic E-state index is 0.149. The van der Waals surface area contributed by atoms with E-state index in [1.807, 2.05) is 11.0 Å². The number of anilines is 1. The highest BCUT2D eigenvalue weighted by atomic mass is 19.4. The monoisotopic (exact) mass is 484 g/mol. The molecule has 182 valence electrons. The minimum atomic E-state index is -4.43. The van der Waals surface area contributed by atoms with Crippen LogP contribution in [-0.2, 0) is 12.8 Å². The van der Waals surface area contributed by atoms with E-state index in [9.17, 15) is 22.8 Å². The quantitative estimate of drug-likeness (QED) is 0.576. The molecular formula is C25H23F3N4O3. The molecule has 0 bridgehead atoms. The van der Waals surface area contributed by atoms with Crippen molar-refractivity contribution in [3.63, 3.8) is 0 Å². The number of carbonyl (C=O) groups is 2. The largest absolute Gasteiger partial charge is 0.488 e. The first-order valence-corrected chi connectivity index (χ1v) is 10.9. The fourth-order valence-electron chi connectivity index (χ4n) is 3.81. The van der Waals surface area contributed by atoms with Gasteiger partial charge in [0.2, 0.25) is 0 Å². The van der Waals surface area contributed by atoms with E-state index < -0.39 is 17.6 Å². The van der Waals surface area contributed by atoms with Crippen LogP contribution in [0.1, 0.15) is 31.8 Å². The number of carbonyl (C=O) groups excluding carboxylic acids is 2. The molecule has 0 atom stereocenters. The van der Waals surface area contributed by atoms with Gasteiger partial charge >= 0.3 is 6.18 Å². The van der Waals surface area contributed by atoms with Gasteiger partial charge in [-0.1, -0.05) is 24.3 Å². The van der Waals surface area contributed by atoms with E-state index >= 15 is 0 Å². The zero-order valence-electron chi connectivity index (χ0n) is 18.7. The van der Waals surface area contributed by atoms with E-state index in [2.05, 4.69) is 4.98 Å². The number of piperazine rings is 1. The van der Waals surface area contributed by atoms with Gasteiger partial charge in [-0.2, -0.15) is 13.2 Å². The number of nitrogens with two attached hydrogens (primary N) is 1. The van der Waals surface area contributed by atoms with Crippen molar-refractivity contribution in [1.29, 1.82) is 0 Å². The van der Waals surface area contributed by atoms with Crippen LogP contribution in [0.3, 0.4) is 0 Å². The fraction of sp³-hybridized carbons (Fsp3) is 0.240. The van der Waals surface area contributed by atoms with Crippen LogP contribution in [-0.4, -0.2) is 47.9 Å². The van der Waals surface area contributed by atoms with Crippen LogP contribution < -0.4 is 15.4 Å². The fourth-order valence-corrected chi connectivity index (χ4v) is 3.81. The number of para-hydroxylation sites is 1. The van der Waals surface area contributed by atoms with E-state index in [4.69, 9.17) is 10.5 Å². The molecule has 10 heteroatoms. The van der Waals surface area contributed by atoms with Crippen LogP contribution >= 0.6 is 0 Å². The number of hydrogen-bond acceptors (Lipinski definition) is 5. The Hall–Kier alpha value is -4.08. The van der Waals surface area contributed by atoms with Crippen LogP contribution in [0, 0.1) is 0 Å². The third-order valence-electron chi connectivity index (χ3n) is 5.69. The molecule has 2 heterocycles. The summed E-state index contributed by atoms with van der Waals surface area (Å²) in [5, 5.41) is 0. The van der Waals surface area contributed by atoms with Gasteiger partial charge in [-0.05, 0) is 42.0 Å². The first-order chi connectivity index (χ1) is 16.7. The SMILES string of the molecule is NC(=O)c1ccccc1OCc1cccc(C(=O)N2CCN(c3ccc(C(F)(F)F)cn3)CC2)c1. The summed E-state index contributed by atoms with van der Waals surface area (Å²) < 4.78 is 44.0. The smallest absolute Gasteiger partial charge is 0.417 e. The lowest BCUT2D eigenvalue weighted by molar-refractivity contribution is -0.137. The molecule has 0 aliphatic carbocycles. The molecule has 1 aromatic heterocycles. The Bertz CT molecular complexity index is 1210. The van der Waals surface area contributed by atoms with Crippen LogP contribution in [0.15, 0.2) is 66.9 Å². The number of ether oxygens (including phenoxy) is 1. The molecular weight excluding hydrogens is 461 g/mol. The van der Waals surface area contributed by atoms with Gasteiger partial charge in [0.05, 0.1) is 11.1 Å². The maximum Gasteiger partial charge on any atom is 0.417 e. The molecule has 0 saturated carbocycles. The van der Waals surface area contributed by atoms with Gasteiger partial charge in [-0.15, -0.1) is 0 Å². The maximum atomic E-state index is 13.0. The van der Waals surface area contributed by atoms with Gasteiger partial charge < -0.3 is 20.3 Å². The Morgan fingerprint density at radius 3 is 2.37 bits per heavy atom. The molecule has 0 unspecified atom stereocenters. The minimum Gasteiger partial charge on any atom is -0.488 e. The average Bonchev–Trinajstić information content (AvgIpc) is 2.87. The van der Waals surface area contributed by atoms with Crippen LogP contribution in [0.4, 0.5) is 19.0 Å². The topological polar surface area (TPSA) is 88.8 Å². The first kappa shape index (κ1) is 24.1. The number of alkyl halides is 3. The van der Waals surface area contributed by atoms with Crippen LogP contribution in [0.25, 0.3) is 0 Å². The van der Waals surface area contributed by atoms with Crippen molar-refractivity contribution in [1.82, 2.24) is 9.88 Å². The molecule has 0 spiro atoms. The molecule has 1 aliphatic rings. The second-order valence-electron chi connectivity index (χ2n) is 8.03. The van der Waals surface area contributed by atoms with Gasteiger partial charge in [-0.3, -0.25) is 9.59 Å². The van der Waals surface area contributed by atoms with Gasteiger partial charge in [0.15, 0.2) is 0 Å². The Morgan fingerprint density at radius 2 is 1.71 bits per heavy atom. The molecule has 35 heavy (non-hydrogen) atoms. The summed E-state index contributed by atoms with van der Waals surface area (Å²) in [5.74, 6) is 0.0739. The van der Waals surface area contributed by atoms with Gasteiger partial charge in [0, 0.05) is 37.9 Å². The summed E-state index contributed by atoms with van der Waals surface area (Å²) in [6.07, 6.45) is -3.61. The molecule has 2 amide bonds. The molecule has 7 nitrogen and oxygen atoms in total. The van der Waals surface area contributed by atoms with Crippen molar-refractivity contribution in [3.05, 3.63) is 89.1 Å². The first-order valence-electron chi connectivity index (χ1n) is 10.9. The molecule has 4 rings (SSSR count). The number of primary amides is 1. The number of aromatic nitrogens is 1. The molecule has 1 saturated heterocycles. The normalized spacial score (nSPS) is 14.0. The lowest BCUT2D eigenvalue weighted by Gasteiger charge is -2.35. The number of nitrogens with zero attached hydrogens (tertiary/aromatic N) is 3. The summed E-state index contributed by atoms with van der Waals surface area (Å²) in [7, 11) is 0. The van der Waals surface area contributed by atoms with Gasteiger partial charge in [0.25, 0.3) is 11.8 Å². The van der Waals surface area contributed by atoms with E-state index in [0.29, 0.717) is 43.3 Å². The standard InChI is InChI=1S/C25H23F3N4O3/c26-25(27,28)19-8-9-22(30-15-19)31-10-12-32(13-11-31)24(34)18-5-3-4-17(14-18)16-35-21-7-2-1-6-20(21)23(29)33/h1-9,14-15H,10-13,16H2,(H2,29,33). The number of halogens is 3. The third kappa shape index (κ3) is 5.71. The lowest BCUT2D eigenvalue weighted by Crippen LogP contribution is -2.49. The highest BCUT2D eigenvalue weighted by molar-refractivity contribution is 5.95. The number of hydrogen-bond donors (Lipinski definition) is 1. The summed E-state index contributed by atoms with van der Waals surface area (Å²) in [6.45, 7) is 1.88. The van der Waals surface area contributed by atoms with E-state index in [0.717, 1.165) is 17.8 Å². The highest BCUT2D eigenvalue weighted by Gasteiger charge is 2.31. The van der Waals surface area contributed by atoms with Crippen molar-refractivity contribution in [2.75, 3.05) is 31.1 Å². The zero-order chi connectivity index (χ0) is 25.0. The van der Waals surface area contributed by atoms with Crippen molar-refractivity contribution in [2.45, 2.75) is 12.8 Å². The summed E-state index contributed by atoms with van der Waals surface area (Å²) >= 11 is 0. The predicted molar refractivity (Wildman–Crippen MR) is 123 cm³/mol. The van der Waals surface area contributed by atoms with E-state index in [-0.39, 0.29) is 18.1 Å². The molecule has 2 aromatic carbocycles. The molecule has 3 aromatic rings. The van der Waals surface area contributed by atoms with Crippen molar-refractivity contribution in [2.24, 2.45) is 5.73 Å². The Balaban J connectivity index is 1.36. The Labute approximate surface area is 199 Å². The number of amides is 2. The molecule has 1 fully saturated rings. The molecule has 0 radical (unpaired) electrons. The molecule has 1 aliphatic heterocycles. The predicted octanol–water partition coefficient (Wildman–Crippen LogP) is 3.74. The maximum absolute atomic E-state index is 13.0. The van der Waals surface area contributed by atoms with Crippen LogP contribution in [0.5, 0.6) is 5.75 Å². The van der Waals surface area contributed by atoms with Gasteiger partial charge in [-0.25, -0.2) is 4.98 Å². The van der Waals surface area contributed by atoms with E-state index in [1.165, 1.54) is 6.07 Å². The van der Waals surface area contributed by atoms with Crippen molar-refractivity contribution >= 4 is 17.6 Å². The lowest BCUT2D eigenvalue weighted by atomic mass is 10.1. The van der Waals surface area contributed by atoms with E-state index in [1.54, 1.807) is 47.4 Å². The number of benzene rings is 2. The molecule has 2 N–H and O–H groups in total. The number of rotatable bonds is 6. The van der Waals surface area contributed by atoms with Gasteiger partial charge in [0.1, 0.15) is 18.2 Å². The summed E-state index contributed by atoms with van der Waals surface area (Å²) in [4.78, 5) is 32.1. The second-order valence-corrected chi connectivity index (χ2v) is 8.03. The van der Waals surface area contributed by atoms with Crippen molar-refractivity contribution in [3.8, 4) is 5.75 Å². The highest BCUT2D eigenvalue weighted by Crippen LogP contribution is 2.29. The Morgan fingerprint density at radius 1 is 0.971 bits per heavy atom. The third-order valence-corrected chi connectivity index (χ3v) is 5.69. The summed E-state index contributed by atoms with van der Waals surface area (Å²) in [6, 6.07) is 16.0. The second kappa shape index (κ2) is 10.0.